The molecule has 0 aromatic carbocycles. The number of nitrogens with one attached hydrogen (secondary N) is 3. The third-order valence-electron chi connectivity index (χ3n) is 3.93. The SMILES string of the molecule is CC(C)CC(NC(=O)C(C)NC(=O)C(N)CCC(N)=O)C(=O)NC(CS)C(=O)O. The molecule has 12 heteroatoms. The van der Waals surface area contributed by atoms with Gasteiger partial charge in [0, 0.05) is 12.2 Å². The van der Waals surface area contributed by atoms with Crippen molar-refractivity contribution in [3.63, 3.8) is 0 Å². The second kappa shape index (κ2) is 13.0. The van der Waals surface area contributed by atoms with Crippen LogP contribution in [0.3, 0.4) is 0 Å². The van der Waals surface area contributed by atoms with Crippen molar-refractivity contribution in [2.45, 2.75) is 64.2 Å². The summed E-state index contributed by atoms with van der Waals surface area (Å²) in [6.45, 7) is 5.08. The van der Waals surface area contributed by atoms with E-state index in [2.05, 4.69) is 28.6 Å². The van der Waals surface area contributed by atoms with Crippen LogP contribution in [0.1, 0.15) is 40.0 Å². The summed E-state index contributed by atoms with van der Waals surface area (Å²) in [6.07, 6.45) is 0.227. The average molecular weight is 434 g/mol. The van der Waals surface area contributed by atoms with Gasteiger partial charge >= 0.3 is 5.97 Å². The Morgan fingerprint density at radius 3 is 1.93 bits per heavy atom. The van der Waals surface area contributed by atoms with Gasteiger partial charge in [-0.3, -0.25) is 19.2 Å². The standard InChI is InChI=1S/C17H31N5O6S/c1-8(2)6-11(16(26)22-12(7-29)17(27)28)21-14(24)9(3)20-15(25)10(18)4-5-13(19)23/h8-12,29H,4-7,18H2,1-3H3,(H2,19,23)(H,20,25)(H,21,24)(H,22,26)(H,27,28). The van der Waals surface area contributed by atoms with Crippen LogP contribution in [-0.2, 0) is 24.0 Å². The molecule has 0 aliphatic carbocycles. The van der Waals surface area contributed by atoms with Crippen LogP contribution in [0.15, 0.2) is 0 Å². The zero-order chi connectivity index (χ0) is 22.7. The van der Waals surface area contributed by atoms with Crippen LogP contribution in [0.25, 0.3) is 0 Å². The van der Waals surface area contributed by atoms with E-state index in [1.165, 1.54) is 6.92 Å². The molecule has 0 spiro atoms. The fraction of sp³-hybridized carbons (Fsp3) is 0.706. The number of thiol groups is 1. The minimum atomic E-state index is -1.24. The number of hydrogen-bond acceptors (Lipinski definition) is 7. The second-order valence-electron chi connectivity index (χ2n) is 7.11. The summed E-state index contributed by atoms with van der Waals surface area (Å²) >= 11 is 3.89. The number of carboxylic acids is 1. The number of carboxylic acid groups (broad SMARTS) is 1. The van der Waals surface area contributed by atoms with Crippen molar-refractivity contribution in [3.05, 3.63) is 0 Å². The van der Waals surface area contributed by atoms with Crippen molar-refractivity contribution in [3.8, 4) is 0 Å². The maximum atomic E-state index is 12.4. The van der Waals surface area contributed by atoms with Gasteiger partial charge in [-0.15, -0.1) is 0 Å². The van der Waals surface area contributed by atoms with Gasteiger partial charge < -0.3 is 32.5 Å². The molecule has 0 heterocycles. The molecule has 11 nitrogen and oxygen atoms in total. The minimum Gasteiger partial charge on any atom is -0.480 e. The van der Waals surface area contributed by atoms with E-state index in [0.29, 0.717) is 0 Å². The molecule has 0 radical (unpaired) electrons. The molecule has 4 atom stereocenters. The molecule has 0 rings (SSSR count). The topological polar surface area (TPSA) is 194 Å². The zero-order valence-electron chi connectivity index (χ0n) is 16.8. The highest BCUT2D eigenvalue weighted by Gasteiger charge is 2.28. The van der Waals surface area contributed by atoms with Crippen LogP contribution in [0, 0.1) is 5.92 Å². The Bertz CT molecular complexity index is 615. The first-order chi connectivity index (χ1) is 13.4. The first-order valence-electron chi connectivity index (χ1n) is 9.17. The fourth-order valence-electron chi connectivity index (χ4n) is 2.27. The second-order valence-corrected chi connectivity index (χ2v) is 7.48. The largest absolute Gasteiger partial charge is 0.480 e. The molecule has 8 N–H and O–H groups in total. The van der Waals surface area contributed by atoms with E-state index in [9.17, 15) is 24.0 Å². The van der Waals surface area contributed by atoms with Gasteiger partial charge in [-0.05, 0) is 25.7 Å². The van der Waals surface area contributed by atoms with E-state index >= 15 is 0 Å². The summed E-state index contributed by atoms with van der Waals surface area (Å²) in [5, 5.41) is 16.3. The number of carbonyl (C=O) groups excluding carboxylic acids is 4. The quantitative estimate of drug-likeness (QED) is 0.165. The van der Waals surface area contributed by atoms with Gasteiger partial charge in [-0.2, -0.15) is 12.6 Å². The van der Waals surface area contributed by atoms with E-state index in [4.69, 9.17) is 16.6 Å². The number of rotatable bonds is 13. The number of nitrogens with two attached hydrogens (primary N) is 2. The van der Waals surface area contributed by atoms with Gasteiger partial charge in [-0.25, -0.2) is 4.79 Å². The van der Waals surface area contributed by atoms with Crippen LogP contribution in [0.2, 0.25) is 0 Å². The Balaban J connectivity index is 4.95. The first-order valence-corrected chi connectivity index (χ1v) is 9.80. The highest BCUT2D eigenvalue weighted by Crippen LogP contribution is 2.06. The van der Waals surface area contributed by atoms with Crippen molar-refractivity contribution < 1.29 is 29.1 Å². The van der Waals surface area contributed by atoms with E-state index in [-0.39, 0.29) is 30.9 Å². The lowest BCUT2D eigenvalue weighted by Crippen LogP contribution is -2.56. The summed E-state index contributed by atoms with van der Waals surface area (Å²) in [4.78, 5) is 58.7. The number of aliphatic carboxylic acids is 1. The molecule has 0 fully saturated rings. The van der Waals surface area contributed by atoms with Crippen molar-refractivity contribution in [2.24, 2.45) is 17.4 Å². The van der Waals surface area contributed by atoms with Crippen molar-refractivity contribution in [1.82, 2.24) is 16.0 Å². The fourth-order valence-corrected chi connectivity index (χ4v) is 2.52. The van der Waals surface area contributed by atoms with E-state index in [1.807, 2.05) is 13.8 Å². The Kier molecular flexibility index (Phi) is 11.9. The van der Waals surface area contributed by atoms with Gasteiger partial charge in [0.1, 0.15) is 18.1 Å². The van der Waals surface area contributed by atoms with Gasteiger partial charge in [0.15, 0.2) is 0 Å². The highest BCUT2D eigenvalue weighted by atomic mass is 32.1. The summed E-state index contributed by atoms with van der Waals surface area (Å²) in [7, 11) is 0. The number of hydrogen-bond donors (Lipinski definition) is 7. The third kappa shape index (κ3) is 10.7. The van der Waals surface area contributed by atoms with Gasteiger partial charge in [0.25, 0.3) is 0 Å². The molecule has 0 bridgehead atoms. The predicted molar refractivity (Wildman–Crippen MR) is 109 cm³/mol. The van der Waals surface area contributed by atoms with E-state index in [1.54, 1.807) is 0 Å². The summed E-state index contributed by atoms with van der Waals surface area (Å²) in [5.41, 5.74) is 10.7. The molecule has 166 valence electrons. The van der Waals surface area contributed by atoms with Gasteiger partial charge in [0.05, 0.1) is 6.04 Å². The van der Waals surface area contributed by atoms with Crippen LogP contribution < -0.4 is 27.4 Å². The smallest absolute Gasteiger partial charge is 0.327 e. The Hall–Kier alpha value is -2.34. The molecular weight excluding hydrogens is 402 g/mol. The molecular formula is C17H31N5O6S. The van der Waals surface area contributed by atoms with Crippen molar-refractivity contribution >= 4 is 42.2 Å². The molecule has 0 aromatic rings. The zero-order valence-corrected chi connectivity index (χ0v) is 17.7. The normalized spacial score (nSPS) is 15.0. The Morgan fingerprint density at radius 2 is 1.48 bits per heavy atom. The maximum absolute atomic E-state index is 12.4. The molecule has 0 saturated carbocycles. The number of primary amides is 1. The van der Waals surface area contributed by atoms with Gasteiger partial charge in [0.2, 0.25) is 23.6 Å². The molecule has 0 aliphatic rings. The summed E-state index contributed by atoms with van der Waals surface area (Å²) in [6, 6.07) is -4.21. The molecule has 0 aromatic heterocycles. The van der Waals surface area contributed by atoms with Crippen LogP contribution in [0.4, 0.5) is 0 Å². The Morgan fingerprint density at radius 1 is 0.931 bits per heavy atom. The summed E-state index contributed by atoms with van der Waals surface area (Å²) < 4.78 is 0. The number of carbonyl (C=O) groups is 5. The maximum Gasteiger partial charge on any atom is 0.327 e. The third-order valence-corrected chi connectivity index (χ3v) is 4.29. The predicted octanol–water partition coefficient (Wildman–Crippen LogP) is -1.89. The van der Waals surface area contributed by atoms with Crippen molar-refractivity contribution in [1.29, 1.82) is 0 Å². The monoisotopic (exact) mass is 433 g/mol. The lowest BCUT2D eigenvalue weighted by molar-refractivity contribution is -0.141. The highest BCUT2D eigenvalue weighted by molar-refractivity contribution is 7.80. The molecule has 0 saturated heterocycles. The lowest BCUT2D eigenvalue weighted by Gasteiger charge is -2.24. The van der Waals surface area contributed by atoms with Crippen LogP contribution in [0.5, 0.6) is 0 Å². The minimum absolute atomic E-state index is 0.0254. The van der Waals surface area contributed by atoms with Crippen LogP contribution >= 0.6 is 12.6 Å². The van der Waals surface area contributed by atoms with Crippen LogP contribution in [-0.4, -0.2) is 64.6 Å². The lowest BCUT2D eigenvalue weighted by atomic mass is 10.0. The molecule has 29 heavy (non-hydrogen) atoms. The molecule has 4 unspecified atom stereocenters. The average Bonchev–Trinajstić information content (AvgIpc) is 2.62. The van der Waals surface area contributed by atoms with Gasteiger partial charge in [-0.1, -0.05) is 13.8 Å². The van der Waals surface area contributed by atoms with E-state index in [0.717, 1.165) is 0 Å². The first kappa shape index (κ1) is 26.7. The number of amides is 4. The Labute approximate surface area is 175 Å². The molecule has 4 amide bonds. The molecule has 0 aliphatic heterocycles. The summed E-state index contributed by atoms with van der Waals surface area (Å²) in [5.74, 6) is -3.86. The van der Waals surface area contributed by atoms with E-state index < -0.39 is 53.8 Å². The van der Waals surface area contributed by atoms with Crippen molar-refractivity contribution in [2.75, 3.05) is 5.75 Å².